The van der Waals surface area contributed by atoms with Crippen LogP contribution in [0.2, 0.25) is 0 Å². The van der Waals surface area contributed by atoms with Gasteiger partial charge in [-0.1, -0.05) is 6.92 Å². The summed E-state index contributed by atoms with van der Waals surface area (Å²) in [5.41, 5.74) is 0. The molecule has 1 N–H and O–H groups in total. The predicted molar refractivity (Wildman–Crippen MR) is 79.5 cm³/mol. The van der Waals surface area contributed by atoms with Crippen LogP contribution in [0, 0.1) is 5.92 Å². The summed E-state index contributed by atoms with van der Waals surface area (Å²) in [5, 5.41) is 3.43. The summed E-state index contributed by atoms with van der Waals surface area (Å²) in [6, 6.07) is 0. The third-order valence-corrected chi connectivity index (χ3v) is 4.03. The van der Waals surface area contributed by atoms with E-state index in [-0.39, 0.29) is 0 Å². The first kappa shape index (κ1) is 14.6. The van der Waals surface area contributed by atoms with E-state index in [1.807, 2.05) is 0 Å². The Bertz CT molecular complexity index is 287. The van der Waals surface area contributed by atoms with E-state index in [0.29, 0.717) is 6.10 Å². The molecule has 19 heavy (non-hydrogen) atoms. The smallest absolute Gasteiger partial charge is 0.193 e. The van der Waals surface area contributed by atoms with Crippen molar-refractivity contribution in [1.82, 2.24) is 10.2 Å². The Morgan fingerprint density at radius 2 is 2.26 bits per heavy atom. The minimum Gasteiger partial charge on any atom is -0.378 e. The SMILES string of the molecule is CCNC(=NCCC1CCCO1)N1CCCC(C)C1. The summed E-state index contributed by atoms with van der Waals surface area (Å²) in [4.78, 5) is 7.21. The summed E-state index contributed by atoms with van der Waals surface area (Å²) in [6.07, 6.45) is 6.60. The van der Waals surface area contributed by atoms with Crippen molar-refractivity contribution in [2.24, 2.45) is 10.9 Å². The summed E-state index contributed by atoms with van der Waals surface area (Å²) >= 11 is 0. The van der Waals surface area contributed by atoms with E-state index in [9.17, 15) is 0 Å². The Hall–Kier alpha value is -0.770. The predicted octanol–water partition coefficient (Wildman–Crippen LogP) is 2.25. The molecule has 110 valence electrons. The summed E-state index contributed by atoms with van der Waals surface area (Å²) in [6.45, 7) is 9.55. The van der Waals surface area contributed by atoms with E-state index in [0.717, 1.165) is 51.1 Å². The van der Waals surface area contributed by atoms with E-state index in [2.05, 4.69) is 24.1 Å². The van der Waals surface area contributed by atoms with Gasteiger partial charge in [-0.05, 0) is 44.9 Å². The molecule has 0 aromatic heterocycles. The normalized spacial score (nSPS) is 28.7. The molecule has 2 aliphatic heterocycles. The molecule has 2 heterocycles. The molecule has 2 saturated heterocycles. The zero-order valence-corrected chi connectivity index (χ0v) is 12.5. The number of hydrogen-bond acceptors (Lipinski definition) is 2. The fourth-order valence-corrected chi connectivity index (χ4v) is 2.99. The molecule has 4 nitrogen and oxygen atoms in total. The highest BCUT2D eigenvalue weighted by molar-refractivity contribution is 5.80. The van der Waals surface area contributed by atoms with Crippen LogP contribution in [0.4, 0.5) is 0 Å². The van der Waals surface area contributed by atoms with Gasteiger partial charge in [0.25, 0.3) is 0 Å². The molecule has 0 aromatic carbocycles. The van der Waals surface area contributed by atoms with Crippen LogP contribution in [0.3, 0.4) is 0 Å². The molecule has 2 unspecified atom stereocenters. The van der Waals surface area contributed by atoms with Crippen molar-refractivity contribution in [1.29, 1.82) is 0 Å². The molecule has 0 aromatic rings. The Morgan fingerprint density at radius 1 is 1.37 bits per heavy atom. The molecule has 0 spiro atoms. The lowest BCUT2D eigenvalue weighted by Crippen LogP contribution is -2.46. The maximum atomic E-state index is 5.65. The van der Waals surface area contributed by atoms with Crippen LogP contribution < -0.4 is 5.32 Å². The largest absolute Gasteiger partial charge is 0.378 e. The second kappa shape index (κ2) is 7.73. The average molecular weight is 267 g/mol. The number of nitrogens with zero attached hydrogens (tertiary/aromatic N) is 2. The molecule has 0 radical (unpaired) electrons. The van der Waals surface area contributed by atoms with Gasteiger partial charge in [-0.2, -0.15) is 0 Å². The topological polar surface area (TPSA) is 36.9 Å². The first-order chi connectivity index (χ1) is 9.29. The summed E-state index contributed by atoms with van der Waals surface area (Å²) < 4.78 is 5.65. The summed E-state index contributed by atoms with van der Waals surface area (Å²) in [7, 11) is 0. The Kier molecular flexibility index (Phi) is 5.95. The number of guanidine groups is 1. The Morgan fingerprint density at radius 3 is 2.95 bits per heavy atom. The van der Waals surface area contributed by atoms with E-state index >= 15 is 0 Å². The van der Waals surface area contributed by atoms with E-state index < -0.39 is 0 Å². The molecule has 0 saturated carbocycles. The minimum absolute atomic E-state index is 0.451. The first-order valence-electron chi connectivity index (χ1n) is 7.94. The van der Waals surface area contributed by atoms with Crippen molar-refractivity contribution in [2.75, 3.05) is 32.8 Å². The van der Waals surface area contributed by atoms with Crippen molar-refractivity contribution in [3.8, 4) is 0 Å². The van der Waals surface area contributed by atoms with Crippen LogP contribution in [-0.2, 0) is 4.74 Å². The van der Waals surface area contributed by atoms with Crippen molar-refractivity contribution in [3.63, 3.8) is 0 Å². The highest BCUT2D eigenvalue weighted by atomic mass is 16.5. The van der Waals surface area contributed by atoms with Crippen LogP contribution >= 0.6 is 0 Å². The Balaban J connectivity index is 1.82. The molecule has 2 atom stereocenters. The van der Waals surface area contributed by atoms with Gasteiger partial charge in [0.1, 0.15) is 0 Å². The van der Waals surface area contributed by atoms with Crippen LogP contribution in [0.15, 0.2) is 4.99 Å². The van der Waals surface area contributed by atoms with Crippen LogP contribution in [-0.4, -0.2) is 49.7 Å². The van der Waals surface area contributed by atoms with Gasteiger partial charge >= 0.3 is 0 Å². The van der Waals surface area contributed by atoms with Crippen molar-refractivity contribution in [2.45, 2.75) is 52.1 Å². The van der Waals surface area contributed by atoms with Gasteiger partial charge in [-0.3, -0.25) is 4.99 Å². The molecule has 0 aliphatic carbocycles. The number of piperidine rings is 1. The molecule has 0 amide bonds. The molecule has 4 heteroatoms. The quantitative estimate of drug-likeness (QED) is 0.627. The van der Waals surface area contributed by atoms with Gasteiger partial charge in [-0.15, -0.1) is 0 Å². The standard InChI is InChI=1S/C15H29N3O/c1-3-16-15(18-10-4-6-13(2)12-18)17-9-8-14-7-5-11-19-14/h13-14H,3-12H2,1-2H3,(H,16,17). The molecular formula is C15H29N3O. The van der Waals surface area contributed by atoms with Crippen LogP contribution in [0.1, 0.15) is 46.0 Å². The number of aliphatic imine (C=N–C) groups is 1. The average Bonchev–Trinajstić information content (AvgIpc) is 2.91. The Labute approximate surface area is 117 Å². The maximum Gasteiger partial charge on any atom is 0.193 e. The zero-order valence-electron chi connectivity index (χ0n) is 12.5. The molecule has 2 rings (SSSR count). The second-order valence-electron chi connectivity index (χ2n) is 5.85. The fourth-order valence-electron chi connectivity index (χ4n) is 2.99. The van der Waals surface area contributed by atoms with Crippen molar-refractivity contribution in [3.05, 3.63) is 0 Å². The van der Waals surface area contributed by atoms with E-state index in [4.69, 9.17) is 9.73 Å². The van der Waals surface area contributed by atoms with Crippen LogP contribution in [0.25, 0.3) is 0 Å². The zero-order chi connectivity index (χ0) is 13.5. The lowest BCUT2D eigenvalue weighted by molar-refractivity contribution is 0.106. The lowest BCUT2D eigenvalue weighted by atomic mass is 10.0. The van der Waals surface area contributed by atoms with Crippen LogP contribution in [0.5, 0.6) is 0 Å². The van der Waals surface area contributed by atoms with Gasteiger partial charge in [0.15, 0.2) is 5.96 Å². The highest BCUT2D eigenvalue weighted by Gasteiger charge is 2.19. The van der Waals surface area contributed by atoms with Gasteiger partial charge in [-0.25, -0.2) is 0 Å². The minimum atomic E-state index is 0.451. The third-order valence-electron chi connectivity index (χ3n) is 4.03. The maximum absolute atomic E-state index is 5.65. The number of rotatable bonds is 4. The van der Waals surface area contributed by atoms with Crippen molar-refractivity contribution < 1.29 is 4.74 Å². The molecular weight excluding hydrogens is 238 g/mol. The lowest BCUT2D eigenvalue weighted by Gasteiger charge is -2.33. The third kappa shape index (κ3) is 4.68. The van der Waals surface area contributed by atoms with Gasteiger partial charge in [0.05, 0.1) is 6.10 Å². The van der Waals surface area contributed by atoms with E-state index in [1.54, 1.807) is 0 Å². The molecule has 0 bridgehead atoms. The number of ether oxygens (including phenoxy) is 1. The molecule has 2 fully saturated rings. The van der Waals surface area contributed by atoms with Gasteiger partial charge in [0.2, 0.25) is 0 Å². The van der Waals surface area contributed by atoms with Gasteiger partial charge < -0.3 is 15.0 Å². The monoisotopic (exact) mass is 267 g/mol. The highest BCUT2D eigenvalue weighted by Crippen LogP contribution is 2.17. The number of nitrogens with one attached hydrogen (secondary N) is 1. The summed E-state index contributed by atoms with van der Waals surface area (Å²) in [5.74, 6) is 1.89. The number of likely N-dealkylation sites (tertiary alicyclic amines) is 1. The molecule has 2 aliphatic rings. The first-order valence-corrected chi connectivity index (χ1v) is 7.94. The second-order valence-corrected chi connectivity index (χ2v) is 5.85. The fraction of sp³-hybridized carbons (Fsp3) is 0.933. The van der Waals surface area contributed by atoms with E-state index in [1.165, 1.54) is 25.7 Å². The number of hydrogen-bond donors (Lipinski definition) is 1. The van der Waals surface area contributed by atoms with Gasteiger partial charge in [0, 0.05) is 32.8 Å². The van der Waals surface area contributed by atoms with Crippen molar-refractivity contribution >= 4 is 5.96 Å².